The third kappa shape index (κ3) is 10.5. The Kier molecular flexibility index (Phi) is 10.8. The Morgan fingerprint density at radius 1 is 0.773 bits per heavy atom. The van der Waals surface area contributed by atoms with Gasteiger partial charge in [0, 0.05) is 11.8 Å². The highest BCUT2D eigenvalue weighted by atomic mass is 16.6. The molecule has 0 atom stereocenters. The SMILES string of the molecule is CCCCCCCCCCCC(=O)OC(=O)C(=O)C(C)(C)C. The molecule has 0 saturated carbocycles. The first-order valence-corrected chi connectivity index (χ1v) is 8.58. The third-order valence-corrected chi connectivity index (χ3v) is 3.56. The second-order valence-corrected chi connectivity index (χ2v) is 6.92. The summed E-state index contributed by atoms with van der Waals surface area (Å²) in [6.07, 6.45) is 10.6. The van der Waals surface area contributed by atoms with Crippen LogP contribution < -0.4 is 0 Å². The summed E-state index contributed by atoms with van der Waals surface area (Å²) in [5.74, 6) is -2.29. The predicted molar refractivity (Wildman–Crippen MR) is 87.4 cm³/mol. The lowest BCUT2D eigenvalue weighted by Crippen LogP contribution is -2.31. The minimum absolute atomic E-state index is 0.207. The average molecular weight is 312 g/mol. The summed E-state index contributed by atoms with van der Waals surface area (Å²) in [7, 11) is 0. The number of unbranched alkanes of at least 4 members (excludes halogenated alkanes) is 8. The Morgan fingerprint density at radius 3 is 1.68 bits per heavy atom. The van der Waals surface area contributed by atoms with Crippen molar-refractivity contribution in [1.29, 1.82) is 0 Å². The van der Waals surface area contributed by atoms with Gasteiger partial charge in [-0.3, -0.25) is 9.59 Å². The van der Waals surface area contributed by atoms with Gasteiger partial charge in [-0.15, -0.1) is 0 Å². The van der Waals surface area contributed by atoms with Crippen LogP contribution in [-0.2, 0) is 19.1 Å². The van der Waals surface area contributed by atoms with E-state index in [0.717, 1.165) is 12.8 Å². The van der Waals surface area contributed by atoms with Crippen LogP contribution in [0.25, 0.3) is 0 Å². The first-order valence-electron chi connectivity index (χ1n) is 8.58. The van der Waals surface area contributed by atoms with Crippen molar-refractivity contribution >= 4 is 17.7 Å². The molecule has 0 spiro atoms. The van der Waals surface area contributed by atoms with E-state index in [-0.39, 0.29) is 6.42 Å². The summed E-state index contributed by atoms with van der Waals surface area (Å²) in [6, 6.07) is 0. The van der Waals surface area contributed by atoms with Gasteiger partial charge < -0.3 is 4.74 Å². The molecular formula is C18H32O4. The summed E-state index contributed by atoms with van der Waals surface area (Å²) in [5, 5.41) is 0. The van der Waals surface area contributed by atoms with Crippen molar-refractivity contribution in [2.45, 2.75) is 91.9 Å². The molecule has 128 valence electrons. The van der Waals surface area contributed by atoms with E-state index in [4.69, 9.17) is 0 Å². The zero-order valence-corrected chi connectivity index (χ0v) is 14.7. The molecule has 0 unspecified atom stereocenters. The monoisotopic (exact) mass is 312 g/mol. The van der Waals surface area contributed by atoms with Crippen LogP contribution in [0.3, 0.4) is 0 Å². The molecule has 0 aliphatic carbocycles. The Morgan fingerprint density at radius 2 is 1.23 bits per heavy atom. The molecule has 0 aromatic carbocycles. The number of ketones is 1. The number of ether oxygens (including phenoxy) is 1. The zero-order chi connectivity index (χ0) is 17.0. The highest BCUT2D eigenvalue weighted by Crippen LogP contribution is 2.16. The van der Waals surface area contributed by atoms with Gasteiger partial charge >= 0.3 is 11.9 Å². The van der Waals surface area contributed by atoms with Crippen molar-refractivity contribution in [1.82, 2.24) is 0 Å². The van der Waals surface area contributed by atoms with Crippen LogP contribution in [0.1, 0.15) is 91.9 Å². The van der Waals surface area contributed by atoms with Gasteiger partial charge in [-0.25, -0.2) is 4.79 Å². The van der Waals surface area contributed by atoms with Crippen molar-refractivity contribution in [2.24, 2.45) is 5.41 Å². The molecule has 0 aliphatic heterocycles. The average Bonchev–Trinajstić information content (AvgIpc) is 2.43. The van der Waals surface area contributed by atoms with Crippen LogP contribution in [0.2, 0.25) is 0 Å². The molecule has 0 N–H and O–H groups in total. The number of hydrogen-bond donors (Lipinski definition) is 0. The van der Waals surface area contributed by atoms with E-state index in [9.17, 15) is 14.4 Å². The Labute approximate surface area is 135 Å². The molecule has 22 heavy (non-hydrogen) atoms. The highest BCUT2D eigenvalue weighted by Gasteiger charge is 2.30. The molecule has 0 bridgehead atoms. The van der Waals surface area contributed by atoms with Crippen LogP contribution in [0.15, 0.2) is 0 Å². The predicted octanol–water partition coefficient (Wildman–Crippen LogP) is 4.59. The zero-order valence-electron chi connectivity index (χ0n) is 14.7. The number of hydrogen-bond acceptors (Lipinski definition) is 4. The fraction of sp³-hybridized carbons (Fsp3) is 0.833. The van der Waals surface area contributed by atoms with Gasteiger partial charge in [0.25, 0.3) is 0 Å². The maximum absolute atomic E-state index is 11.6. The van der Waals surface area contributed by atoms with Gasteiger partial charge in [0.2, 0.25) is 5.78 Å². The van der Waals surface area contributed by atoms with Crippen molar-refractivity contribution in [3.63, 3.8) is 0 Å². The van der Waals surface area contributed by atoms with Crippen LogP contribution in [0.5, 0.6) is 0 Å². The standard InChI is InChI=1S/C18H32O4/c1-5-6-7-8-9-10-11-12-13-14-15(19)22-17(21)16(20)18(2,3)4/h5-14H2,1-4H3. The highest BCUT2D eigenvalue weighted by molar-refractivity contribution is 6.36. The van der Waals surface area contributed by atoms with Gasteiger partial charge in [0.1, 0.15) is 0 Å². The second-order valence-electron chi connectivity index (χ2n) is 6.92. The summed E-state index contributed by atoms with van der Waals surface area (Å²) in [4.78, 5) is 34.6. The molecule has 0 heterocycles. The van der Waals surface area contributed by atoms with E-state index in [1.54, 1.807) is 20.8 Å². The Bertz CT molecular complexity index is 353. The lowest BCUT2D eigenvalue weighted by Gasteiger charge is -2.14. The number of carbonyl (C=O) groups excluding carboxylic acids is 3. The molecule has 4 nitrogen and oxygen atoms in total. The molecule has 0 aliphatic rings. The quantitative estimate of drug-likeness (QED) is 0.242. The number of Topliss-reactive ketones (excluding diaryl/α,β-unsaturated/α-hetero) is 1. The molecule has 0 saturated heterocycles. The number of esters is 2. The minimum Gasteiger partial charge on any atom is -0.387 e. The minimum atomic E-state index is -1.03. The molecular weight excluding hydrogens is 280 g/mol. The summed E-state index contributed by atoms with van der Waals surface area (Å²) in [5.41, 5.74) is -0.810. The first-order chi connectivity index (χ1) is 10.3. The molecule has 0 aromatic heterocycles. The Hall–Kier alpha value is -1.19. The van der Waals surface area contributed by atoms with Gasteiger partial charge in [-0.05, 0) is 6.42 Å². The fourth-order valence-corrected chi connectivity index (χ4v) is 2.09. The molecule has 0 rings (SSSR count). The molecule has 4 heteroatoms. The third-order valence-electron chi connectivity index (χ3n) is 3.56. The topological polar surface area (TPSA) is 60.4 Å². The number of carbonyl (C=O) groups is 3. The van der Waals surface area contributed by atoms with Gasteiger partial charge in [0.05, 0.1) is 0 Å². The maximum Gasteiger partial charge on any atom is 0.382 e. The van der Waals surface area contributed by atoms with Gasteiger partial charge in [-0.1, -0.05) is 79.1 Å². The lowest BCUT2D eigenvalue weighted by atomic mass is 9.91. The normalized spacial score (nSPS) is 11.3. The van der Waals surface area contributed by atoms with Crippen molar-refractivity contribution in [3.05, 3.63) is 0 Å². The van der Waals surface area contributed by atoms with E-state index in [1.165, 1.54) is 38.5 Å². The van der Waals surface area contributed by atoms with Gasteiger partial charge in [-0.2, -0.15) is 0 Å². The van der Waals surface area contributed by atoms with Gasteiger partial charge in [0.15, 0.2) is 0 Å². The molecule has 0 fully saturated rings. The lowest BCUT2D eigenvalue weighted by molar-refractivity contribution is -0.166. The van der Waals surface area contributed by atoms with Crippen LogP contribution in [0, 0.1) is 5.41 Å². The molecule has 0 radical (unpaired) electrons. The first kappa shape index (κ1) is 20.8. The molecule has 0 amide bonds. The summed E-state index contributed by atoms with van der Waals surface area (Å²) >= 11 is 0. The van der Waals surface area contributed by atoms with E-state index in [1.807, 2.05) is 0 Å². The van der Waals surface area contributed by atoms with Crippen LogP contribution in [0.4, 0.5) is 0 Å². The number of rotatable bonds is 11. The second kappa shape index (κ2) is 11.4. The van der Waals surface area contributed by atoms with Crippen molar-refractivity contribution < 1.29 is 19.1 Å². The van der Waals surface area contributed by atoms with Crippen molar-refractivity contribution in [3.8, 4) is 0 Å². The molecule has 0 aromatic rings. The van der Waals surface area contributed by atoms with Crippen LogP contribution in [-0.4, -0.2) is 17.7 Å². The fourth-order valence-electron chi connectivity index (χ4n) is 2.09. The van der Waals surface area contributed by atoms with E-state index >= 15 is 0 Å². The van der Waals surface area contributed by atoms with E-state index in [2.05, 4.69) is 11.7 Å². The van der Waals surface area contributed by atoms with E-state index < -0.39 is 23.1 Å². The Balaban J connectivity index is 3.62. The van der Waals surface area contributed by atoms with E-state index in [0.29, 0.717) is 6.42 Å². The van der Waals surface area contributed by atoms with Crippen LogP contribution >= 0.6 is 0 Å². The summed E-state index contributed by atoms with van der Waals surface area (Å²) < 4.78 is 4.58. The largest absolute Gasteiger partial charge is 0.387 e. The maximum atomic E-state index is 11.6. The van der Waals surface area contributed by atoms with Crippen molar-refractivity contribution in [2.75, 3.05) is 0 Å². The summed E-state index contributed by atoms with van der Waals surface area (Å²) in [6.45, 7) is 7.09. The smallest absolute Gasteiger partial charge is 0.382 e.